The maximum Gasteiger partial charge on any atom is 0.303 e. The van der Waals surface area contributed by atoms with Crippen LogP contribution in [0.5, 0.6) is 5.75 Å². The molecular weight excluding hydrogens is 240 g/mol. The van der Waals surface area contributed by atoms with Crippen molar-refractivity contribution in [3.63, 3.8) is 0 Å². The van der Waals surface area contributed by atoms with Gasteiger partial charge in [-0.05, 0) is 42.9 Å². The molecule has 0 atom stereocenters. The number of ether oxygens (including phenoxy) is 1. The van der Waals surface area contributed by atoms with E-state index in [0.29, 0.717) is 13.0 Å². The summed E-state index contributed by atoms with van der Waals surface area (Å²) in [5.41, 5.74) is 1.41. The summed E-state index contributed by atoms with van der Waals surface area (Å²) in [4.78, 5) is 10.4. The first-order valence-electron chi connectivity index (χ1n) is 7.20. The van der Waals surface area contributed by atoms with Gasteiger partial charge >= 0.3 is 5.97 Å². The quantitative estimate of drug-likeness (QED) is 0.789. The van der Waals surface area contributed by atoms with Crippen LogP contribution in [0.3, 0.4) is 0 Å². The fraction of sp³-hybridized carbons (Fsp3) is 0.562. The van der Waals surface area contributed by atoms with Gasteiger partial charge in [-0.2, -0.15) is 0 Å². The Morgan fingerprint density at radius 2 is 1.84 bits per heavy atom. The lowest BCUT2D eigenvalue weighted by Crippen LogP contribution is -2.05. The molecule has 1 saturated carbocycles. The van der Waals surface area contributed by atoms with E-state index in [2.05, 4.69) is 12.1 Å². The monoisotopic (exact) mass is 262 g/mol. The van der Waals surface area contributed by atoms with Gasteiger partial charge in [0.05, 0.1) is 6.61 Å². The van der Waals surface area contributed by atoms with Crippen LogP contribution in [0.1, 0.15) is 56.4 Å². The number of hydrogen-bond donors (Lipinski definition) is 1. The molecule has 0 heterocycles. The first-order valence-corrected chi connectivity index (χ1v) is 7.20. The first kappa shape index (κ1) is 13.9. The normalized spacial score (nSPS) is 16.2. The average Bonchev–Trinajstić information content (AvgIpc) is 2.45. The molecule has 1 aliphatic rings. The van der Waals surface area contributed by atoms with Gasteiger partial charge in [-0.25, -0.2) is 0 Å². The van der Waals surface area contributed by atoms with Crippen LogP contribution in [0.15, 0.2) is 24.3 Å². The van der Waals surface area contributed by atoms with Gasteiger partial charge in [0.1, 0.15) is 5.75 Å². The Morgan fingerprint density at radius 1 is 1.16 bits per heavy atom. The van der Waals surface area contributed by atoms with Crippen LogP contribution in [0.4, 0.5) is 0 Å². The highest BCUT2D eigenvalue weighted by molar-refractivity contribution is 5.66. The Bertz CT molecular complexity index is 391. The minimum Gasteiger partial charge on any atom is -0.494 e. The van der Waals surface area contributed by atoms with E-state index in [1.807, 2.05) is 12.1 Å². The zero-order chi connectivity index (χ0) is 13.5. The largest absolute Gasteiger partial charge is 0.494 e. The highest BCUT2D eigenvalue weighted by atomic mass is 16.5. The molecule has 0 radical (unpaired) electrons. The second-order valence-corrected chi connectivity index (χ2v) is 5.25. The van der Waals surface area contributed by atoms with Crippen molar-refractivity contribution < 1.29 is 14.6 Å². The average molecular weight is 262 g/mol. The molecule has 3 nitrogen and oxygen atoms in total. The van der Waals surface area contributed by atoms with Crippen molar-refractivity contribution in [2.45, 2.75) is 50.9 Å². The van der Waals surface area contributed by atoms with E-state index in [0.717, 1.165) is 11.7 Å². The van der Waals surface area contributed by atoms with Crippen LogP contribution in [0, 0.1) is 0 Å². The minimum absolute atomic E-state index is 0.167. The number of benzene rings is 1. The van der Waals surface area contributed by atoms with Gasteiger partial charge in [0.2, 0.25) is 0 Å². The molecule has 0 saturated heterocycles. The van der Waals surface area contributed by atoms with E-state index in [1.54, 1.807) is 0 Å². The number of carboxylic acid groups (broad SMARTS) is 1. The van der Waals surface area contributed by atoms with Crippen LogP contribution in [0.25, 0.3) is 0 Å². The molecule has 0 spiro atoms. The predicted octanol–water partition coefficient (Wildman–Crippen LogP) is 3.98. The lowest BCUT2D eigenvalue weighted by molar-refractivity contribution is -0.137. The summed E-state index contributed by atoms with van der Waals surface area (Å²) in [5, 5.41) is 8.54. The van der Waals surface area contributed by atoms with Crippen LogP contribution in [-0.4, -0.2) is 17.7 Å². The Kier molecular flexibility index (Phi) is 5.25. The zero-order valence-corrected chi connectivity index (χ0v) is 11.3. The molecule has 1 aromatic rings. The molecule has 1 N–H and O–H groups in total. The zero-order valence-electron chi connectivity index (χ0n) is 11.3. The molecule has 3 heteroatoms. The minimum atomic E-state index is -0.767. The maximum atomic E-state index is 10.4. The summed E-state index contributed by atoms with van der Waals surface area (Å²) in [6.45, 7) is 0.467. The third kappa shape index (κ3) is 4.58. The third-order valence-electron chi connectivity index (χ3n) is 3.76. The van der Waals surface area contributed by atoms with Gasteiger partial charge in [0, 0.05) is 6.42 Å². The number of hydrogen-bond acceptors (Lipinski definition) is 2. The fourth-order valence-corrected chi connectivity index (χ4v) is 2.69. The van der Waals surface area contributed by atoms with Crippen molar-refractivity contribution in [2.75, 3.05) is 6.61 Å². The molecule has 2 rings (SSSR count). The molecule has 0 bridgehead atoms. The number of aliphatic carboxylic acids is 1. The van der Waals surface area contributed by atoms with E-state index >= 15 is 0 Å². The molecule has 0 amide bonds. The summed E-state index contributed by atoms with van der Waals surface area (Å²) >= 11 is 0. The molecule has 19 heavy (non-hydrogen) atoms. The van der Waals surface area contributed by atoms with Crippen molar-refractivity contribution in [3.8, 4) is 5.75 Å². The molecule has 0 unspecified atom stereocenters. The fourth-order valence-electron chi connectivity index (χ4n) is 2.69. The van der Waals surface area contributed by atoms with Crippen LogP contribution < -0.4 is 4.74 Å². The van der Waals surface area contributed by atoms with Crippen LogP contribution >= 0.6 is 0 Å². The van der Waals surface area contributed by atoms with Crippen molar-refractivity contribution in [2.24, 2.45) is 0 Å². The van der Waals surface area contributed by atoms with E-state index < -0.39 is 5.97 Å². The second-order valence-electron chi connectivity index (χ2n) is 5.25. The summed E-state index contributed by atoms with van der Waals surface area (Å²) in [7, 11) is 0. The Labute approximate surface area is 114 Å². The standard InChI is InChI=1S/C16H22O3/c17-16(18)7-4-12-19-15-10-8-14(9-11-15)13-5-2-1-3-6-13/h8-11,13H,1-7,12H2,(H,17,18). The molecule has 1 fully saturated rings. The van der Waals surface area contributed by atoms with Gasteiger partial charge in [-0.3, -0.25) is 4.79 Å². The van der Waals surface area contributed by atoms with Crippen molar-refractivity contribution in [3.05, 3.63) is 29.8 Å². The number of rotatable bonds is 6. The molecular formula is C16H22O3. The summed E-state index contributed by atoms with van der Waals surface area (Å²) in [6.07, 6.45) is 7.40. The van der Waals surface area contributed by atoms with E-state index in [9.17, 15) is 4.79 Å². The number of carboxylic acids is 1. The van der Waals surface area contributed by atoms with Gasteiger partial charge in [-0.1, -0.05) is 31.4 Å². The van der Waals surface area contributed by atoms with Crippen molar-refractivity contribution in [1.82, 2.24) is 0 Å². The maximum absolute atomic E-state index is 10.4. The third-order valence-corrected chi connectivity index (χ3v) is 3.76. The molecule has 0 aromatic heterocycles. The lowest BCUT2D eigenvalue weighted by Gasteiger charge is -2.22. The molecule has 0 aliphatic heterocycles. The van der Waals surface area contributed by atoms with Gasteiger partial charge in [0.15, 0.2) is 0 Å². The Balaban J connectivity index is 1.79. The summed E-state index contributed by atoms with van der Waals surface area (Å²) in [6, 6.07) is 8.32. The summed E-state index contributed by atoms with van der Waals surface area (Å²) in [5.74, 6) is 0.788. The van der Waals surface area contributed by atoms with Crippen molar-refractivity contribution >= 4 is 5.97 Å². The van der Waals surface area contributed by atoms with E-state index in [4.69, 9.17) is 9.84 Å². The predicted molar refractivity (Wildman–Crippen MR) is 74.6 cm³/mol. The molecule has 1 aliphatic carbocycles. The smallest absolute Gasteiger partial charge is 0.303 e. The number of carbonyl (C=O) groups is 1. The van der Waals surface area contributed by atoms with Gasteiger partial charge in [-0.15, -0.1) is 0 Å². The summed E-state index contributed by atoms with van der Waals surface area (Å²) < 4.78 is 5.54. The Hall–Kier alpha value is -1.51. The SMILES string of the molecule is O=C(O)CCCOc1ccc(C2CCCCC2)cc1. The van der Waals surface area contributed by atoms with Crippen LogP contribution in [-0.2, 0) is 4.79 Å². The highest BCUT2D eigenvalue weighted by Gasteiger charge is 2.15. The Morgan fingerprint density at radius 3 is 2.47 bits per heavy atom. The van der Waals surface area contributed by atoms with E-state index in [1.165, 1.54) is 37.7 Å². The van der Waals surface area contributed by atoms with Crippen LogP contribution in [0.2, 0.25) is 0 Å². The molecule has 1 aromatic carbocycles. The molecule has 104 valence electrons. The van der Waals surface area contributed by atoms with Gasteiger partial charge in [0.25, 0.3) is 0 Å². The topological polar surface area (TPSA) is 46.5 Å². The second kappa shape index (κ2) is 7.17. The van der Waals surface area contributed by atoms with E-state index in [-0.39, 0.29) is 6.42 Å². The van der Waals surface area contributed by atoms with Gasteiger partial charge < -0.3 is 9.84 Å². The highest BCUT2D eigenvalue weighted by Crippen LogP contribution is 2.33. The first-order chi connectivity index (χ1) is 9.25. The van der Waals surface area contributed by atoms with Crippen molar-refractivity contribution in [1.29, 1.82) is 0 Å². The lowest BCUT2D eigenvalue weighted by atomic mass is 9.84.